The molecule has 26 heavy (non-hydrogen) atoms. The Bertz CT molecular complexity index is 865. The van der Waals surface area contributed by atoms with E-state index in [2.05, 4.69) is 47.9 Å². The molecule has 1 aliphatic rings. The van der Waals surface area contributed by atoms with E-state index in [0.29, 0.717) is 5.69 Å². The molecular weight excluding hydrogens is 348 g/mol. The lowest BCUT2D eigenvalue weighted by molar-refractivity contribution is 0.0925. The molecule has 3 aromatic heterocycles. The van der Waals surface area contributed by atoms with Crippen molar-refractivity contribution in [2.45, 2.75) is 25.8 Å². The van der Waals surface area contributed by atoms with Crippen LogP contribution < -0.4 is 10.2 Å². The van der Waals surface area contributed by atoms with Gasteiger partial charge in [0, 0.05) is 31.4 Å². The molecule has 1 saturated heterocycles. The van der Waals surface area contributed by atoms with Gasteiger partial charge in [-0.25, -0.2) is 4.98 Å². The molecule has 1 amide bonds. The molecule has 0 atom stereocenters. The van der Waals surface area contributed by atoms with Gasteiger partial charge in [-0.3, -0.25) is 14.9 Å². The predicted molar refractivity (Wildman–Crippen MR) is 101 cm³/mol. The molecule has 0 aromatic carbocycles. The second-order valence-electron chi connectivity index (χ2n) is 6.39. The average molecular weight is 368 g/mol. The van der Waals surface area contributed by atoms with Crippen LogP contribution in [0.15, 0.2) is 36.0 Å². The molecule has 1 aliphatic heterocycles. The summed E-state index contributed by atoms with van der Waals surface area (Å²) in [7, 11) is 0. The smallest absolute Gasteiger partial charge is 0.271 e. The first-order valence-electron chi connectivity index (χ1n) is 8.63. The summed E-state index contributed by atoms with van der Waals surface area (Å²) in [4.78, 5) is 24.0. The van der Waals surface area contributed by atoms with Gasteiger partial charge in [-0.2, -0.15) is 5.10 Å². The van der Waals surface area contributed by atoms with Crippen molar-refractivity contribution < 1.29 is 4.79 Å². The monoisotopic (exact) mass is 368 g/mol. The molecule has 0 aliphatic carbocycles. The van der Waals surface area contributed by atoms with Crippen LogP contribution in [0.4, 0.5) is 5.82 Å². The van der Waals surface area contributed by atoms with Crippen molar-refractivity contribution in [3.8, 4) is 10.6 Å². The number of piperidine rings is 1. The number of thiophene rings is 1. The molecule has 0 radical (unpaired) electrons. The van der Waals surface area contributed by atoms with Crippen molar-refractivity contribution in [3.05, 3.63) is 47.4 Å². The van der Waals surface area contributed by atoms with E-state index in [4.69, 9.17) is 0 Å². The number of H-pyrrole nitrogens is 1. The number of hydrogen-bond donors (Lipinski definition) is 2. The standard InChI is InChI=1S/C18H20N6OS/c1-12-10-20-15(11-19-12)18(25)21-13-4-6-24(7-5-13)17-9-14(22-23-17)16-3-2-8-26-16/h2-3,8-11,13H,4-7H2,1H3,(H,21,25)(H,22,23). The number of nitrogens with zero attached hydrogens (tertiary/aromatic N) is 4. The van der Waals surface area contributed by atoms with Crippen molar-refractivity contribution in [1.82, 2.24) is 25.5 Å². The van der Waals surface area contributed by atoms with Gasteiger partial charge in [0.05, 0.1) is 22.5 Å². The summed E-state index contributed by atoms with van der Waals surface area (Å²) >= 11 is 1.69. The first-order chi connectivity index (χ1) is 12.7. The molecular formula is C18H20N6OS. The lowest BCUT2D eigenvalue weighted by atomic mass is 10.0. The molecule has 7 nitrogen and oxygen atoms in total. The van der Waals surface area contributed by atoms with E-state index in [1.54, 1.807) is 17.5 Å². The third-order valence-electron chi connectivity index (χ3n) is 4.52. The number of amides is 1. The maximum Gasteiger partial charge on any atom is 0.271 e. The van der Waals surface area contributed by atoms with Gasteiger partial charge in [-0.1, -0.05) is 6.07 Å². The minimum atomic E-state index is -0.157. The van der Waals surface area contributed by atoms with Crippen LogP contribution in [0.1, 0.15) is 29.0 Å². The van der Waals surface area contributed by atoms with E-state index < -0.39 is 0 Å². The van der Waals surface area contributed by atoms with E-state index in [1.165, 1.54) is 11.1 Å². The number of carbonyl (C=O) groups is 1. The molecule has 3 aromatic rings. The number of anilines is 1. The highest BCUT2D eigenvalue weighted by atomic mass is 32.1. The second kappa shape index (κ2) is 7.25. The normalized spacial score (nSPS) is 15.2. The zero-order valence-electron chi connectivity index (χ0n) is 14.5. The van der Waals surface area contributed by atoms with Crippen LogP contribution in [0, 0.1) is 6.92 Å². The number of rotatable bonds is 4. The maximum absolute atomic E-state index is 12.3. The van der Waals surface area contributed by atoms with Crippen molar-refractivity contribution in [1.29, 1.82) is 0 Å². The van der Waals surface area contributed by atoms with Crippen molar-refractivity contribution in [2.24, 2.45) is 0 Å². The largest absolute Gasteiger partial charge is 0.355 e. The lowest BCUT2D eigenvalue weighted by Crippen LogP contribution is -2.45. The Kier molecular flexibility index (Phi) is 4.66. The van der Waals surface area contributed by atoms with Crippen molar-refractivity contribution >= 4 is 23.1 Å². The molecule has 0 bridgehead atoms. The number of aromatic amines is 1. The lowest BCUT2D eigenvalue weighted by Gasteiger charge is -2.32. The molecule has 8 heteroatoms. The Balaban J connectivity index is 1.33. The van der Waals surface area contributed by atoms with E-state index in [-0.39, 0.29) is 11.9 Å². The Morgan fingerprint density at radius 2 is 2.15 bits per heavy atom. The zero-order valence-corrected chi connectivity index (χ0v) is 15.3. The predicted octanol–water partition coefficient (Wildman–Crippen LogP) is 2.64. The average Bonchev–Trinajstić information content (AvgIpc) is 3.34. The quantitative estimate of drug-likeness (QED) is 0.739. The van der Waals surface area contributed by atoms with Crippen LogP contribution in [0.25, 0.3) is 10.6 Å². The fraction of sp³-hybridized carbons (Fsp3) is 0.333. The van der Waals surface area contributed by atoms with Gasteiger partial charge in [-0.05, 0) is 31.2 Å². The number of aromatic nitrogens is 4. The summed E-state index contributed by atoms with van der Waals surface area (Å²) in [5, 5.41) is 12.7. The molecule has 2 N–H and O–H groups in total. The Morgan fingerprint density at radius 1 is 1.31 bits per heavy atom. The Labute approximate surface area is 155 Å². The number of nitrogens with one attached hydrogen (secondary N) is 2. The molecule has 0 saturated carbocycles. The molecule has 0 unspecified atom stereocenters. The van der Waals surface area contributed by atoms with E-state index in [1.807, 2.05) is 13.0 Å². The summed E-state index contributed by atoms with van der Waals surface area (Å²) in [6.07, 6.45) is 4.90. The van der Waals surface area contributed by atoms with Gasteiger partial charge in [0.15, 0.2) is 5.82 Å². The van der Waals surface area contributed by atoms with E-state index in [9.17, 15) is 4.79 Å². The summed E-state index contributed by atoms with van der Waals surface area (Å²) in [6.45, 7) is 3.57. The highest BCUT2D eigenvalue weighted by molar-refractivity contribution is 7.13. The van der Waals surface area contributed by atoms with Gasteiger partial charge in [-0.15, -0.1) is 11.3 Å². The van der Waals surface area contributed by atoms with Crippen molar-refractivity contribution in [3.63, 3.8) is 0 Å². The number of hydrogen-bond acceptors (Lipinski definition) is 6. The maximum atomic E-state index is 12.3. The van der Waals surface area contributed by atoms with Crippen molar-refractivity contribution in [2.75, 3.05) is 18.0 Å². The molecule has 0 spiro atoms. The highest BCUT2D eigenvalue weighted by Gasteiger charge is 2.23. The SMILES string of the molecule is Cc1cnc(C(=O)NC2CCN(c3cc(-c4cccs4)[nH]n3)CC2)cn1. The van der Waals surface area contributed by atoms with E-state index >= 15 is 0 Å². The topological polar surface area (TPSA) is 86.8 Å². The second-order valence-corrected chi connectivity index (χ2v) is 7.34. The molecule has 134 valence electrons. The molecule has 4 heterocycles. The summed E-state index contributed by atoms with van der Waals surface area (Å²) in [5.74, 6) is 0.804. The van der Waals surface area contributed by atoms with E-state index in [0.717, 1.165) is 43.1 Å². The van der Waals surface area contributed by atoms with Gasteiger partial charge in [0.2, 0.25) is 0 Å². The summed E-state index contributed by atoms with van der Waals surface area (Å²) in [5.41, 5.74) is 2.21. The van der Waals surface area contributed by atoms with Crippen LogP contribution in [0.5, 0.6) is 0 Å². The van der Waals surface area contributed by atoms with Crippen LogP contribution in [0.2, 0.25) is 0 Å². The number of carbonyl (C=O) groups excluding carboxylic acids is 1. The van der Waals surface area contributed by atoms with Crippen LogP contribution >= 0.6 is 11.3 Å². The fourth-order valence-electron chi connectivity index (χ4n) is 3.05. The first-order valence-corrected chi connectivity index (χ1v) is 9.51. The minimum Gasteiger partial charge on any atom is -0.355 e. The zero-order chi connectivity index (χ0) is 17.9. The first kappa shape index (κ1) is 16.7. The Morgan fingerprint density at radius 3 is 2.85 bits per heavy atom. The Hall–Kier alpha value is -2.74. The third-order valence-corrected chi connectivity index (χ3v) is 5.42. The minimum absolute atomic E-state index is 0.151. The molecule has 1 fully saturated rings. The summed E-state index contributed by atoms with van der Waals surface area (Å²) in [6, 6.07) is 6.36. The van der Waals surface area contributed by atoms with Gasteiger partial charge in [0.25, 0.3) is 5.91 Å². The van der Waals surface area contributed by atoms with Gasteiger partial charge < -0.3 is 10.2 Å². The van der Waals surface area contributed by atoms with Gasteiger partial charge >= 0.3 is 0 Å². The van der Waals surface area contributed by atoms with Crippen LogP contribution in [-0.4, -0.2) is 45.2 Å². The van der Waals surface area contributed by atoms with Crippen LogP contribution in [-0.2, 0) is 0 Å². The number of aryl methyl sites for hydroxylation is 1. The third kappa shape index (κ3) is 3.60. The fourth-order valence-corrected chi connectivity index (χ4v) is 3.75. The van der Waals surface area contributed by atoms with Crippen LogP contribution in [0.3, 0.4) is 0 Å². The summed E-state index contributed by atoms with van der Waals surface area (Å²) < 4.78 is 0. The highest BCUT2D eigenvalue weighted by Crippen LogP contribution is 2.27. The van der Waals surface area contributed by atoms with Gasteiger partial charge in [0.1, 0.15) is 5.69 Å². The molecule has 4 rings (SSSR count).